The summed E-state index contributed by atoms with van der Waals surface area (Å²) in [6.07, 6.45) is 0. The van der Waals surface area contributed by atoms with Crippen molar-refractivity contribution in [3.05, 3.63) is 53.6 Å². The number of ether oxygens (including phenoxy) is 1. The monoisotopic (exact) mass is 326 g/mol. The van der Waals surface area contributed by atoms with Gasteiger partial charge in [0.1, 0.15) is 12.3 Å². The maximum Gasteiger partial charge on any atom is 0.244 e. The van der Waals surface area contributed by atoms with Crippen LogP contribution in [0.4, 0.5) is 11.4 Å². The number of carbonyl (C=O) groups is 2. The molecule has 126 valence electrons. The number of methoxy groups -OCH3 is 1. The molecule has 2 aromatic carbocycles. The third kappa shape index (κ3) is 4.59. The highest BCUT2D eigenvalue weighted by molar-refractivity contribution is 6.01. The number of anilines is 2. The van der Waals surface area contributed by atoms with E-state index in [1.807, 2.05) is 32.0 Å². The Morgan fingerprint density at radius 1 is 1.08 bits per heavy atom. The van der Waals surface area contributed by atoms with Gasteiger partial charge in [0.25, 0.3) is 0 Å². The van der Waals surface area contributed by atoms with Crippen LogP contribution in [-0.2, 0) is 9.59 Å². The van der Waals surface area contributed by atoms with Crippen molar-refractivity contribution in [2.45, 2.75) is 20.8 Å². The van der Waals surface area contributed by atoms with Crippen LogP contribution in [-0.4, -0.2) is 25.5 Å². The van der Waals surface area contributed by atoms with Crippen LogP contribution in [0.25, 0.3) is 0 Å². The Morgan fingerprint density at radius 2 is 1.75 bits per heavy atom. The SMILES string of the molecule is COc1cccc(N(CC(=O)Nc2cc(C)cc(C)c2)C(C)=O)c1. The number of nitrogens with one attached hydrogen (secondary N) is 1. The molecule has 0 unspecified atom stereocenters. The van der Waals surface area contributed by atoms with E-state index in [4.69, 9.17) is 4.74 Å². The maximum absolute atomic E-state index is 12.3. The molecule has 24 heavy (non-hydrogen) atoms. The summed E-state index contributed by atoms with van der Waals surface area (Å²) in [5.41, 5.74) is 3.49. The molecular formula is C19H22N2O3. The molecule has 0 saturated carbocycles. The number of carbonyl (C=O) groups excluding carboxylic acids is 2. The first-order chi connectivity index (χ1) is 11.4. The Hall–Kier alpha value is -2.82. The summed E-state index contributed by atoms with van der Waals surface area (Å²) in [5, 5.41) is 2.84. The molecule has 0 saturated heterocycles. The molecule has 2 aromatic rings. The van der Waals surface area contributed by atoms with Crippen molar-refractivity contribution in [1.82, 2.24) is 0 Å². The van der Waals surface area contributed by atoms with Gasteiger partial charge in [-0.1, -0.05) is 12.1 Å². The number of benzene rings is 2. The second kappa shape index (κ2) is 7.64. The Labute approximate surface area is 142 Å². The highest BCUT2D eigenvalue weighted by atomic mass is 16.5. The van der Waals surface area contributed by atoms with E-state index in [2.05, 4.69) is 5.32 Å². The van der Waals surface area contributed by atoms with Gasteiger partial charge < -0.3 is 15.0 Å². The number of rotatable bonds is 5. The summed E-state index contributed by atoms with van der Waals surface area (Å²) in [5.74, 6) is 0.172. The van der Waals surface area contributed by atoms with Gasteiger partial charge in [0.15, 0.2) is 0 Å². The van der Waals surface area contributed by atoms with E-state index in [-0.39, 0.29) is 18.4 Å². The zero-order chi connectivity index (χ0) is 17.7. The third-order valence-electron chi connectivity index (χ3n) is 3.55. The minimum Gasteiger partial charge on any atom is -0.497 e. The number of hydrogen-bond donors (Lipinski definition) is 1. The van der Waals surface area contributed by atoms with Gasteiger partial charge in [-0.15, -0.1) is 0 Å². The van der Waals surface area contributed by atoms with Crippen LogP contribution >= 0.6 is 0 Å². The molecule has 0 spiro atoms. The summed E-state index contributed by atoms with van der Waals surface area (Å²) >= 11 is 0. The molecule has 5 heteroatoms. The third-order valence-corrected chi connectivity index (χ3v) is 3.55. The molecule has 0 fully saturated rings. The Kier molecular flexibility index (Phi) is 5.58. The summed E-state index contributed by atoms with van der Waals surface area (Å²) in [4.78, 5) is 25.7. The number of aryl methyl sites for hydroxylation is 2. The molecule has 0 heterocycles. The Bertz CT molecular complexity index is 736. The van der Waals surface area contributed by atoms with Gasteiger partial charge in [-0.05, 0) is 49.2 Å². The number of hydrogen-bond acceptors (Lipinski definition) is 3. The first-order valence-corrected chi connectivity index (χ1v) is 7.69. The first kappa shape index (κ1) is 17.5. The van der Waals surface area contributed by atoms with E-state index < -0.39 is 0 Å². The van der Waals surface area contributed by atoms with E-state index in [0.717, 1.165) is 16.8 Å². The average Bonchev–Trinajstić information content (AvgIpc) is 2.51. The molecule has 2 amide bonds. The van der Waals surface area contributed by atoms with E-state index in [1.165, 1.54) is 11.8 Å². The van der Waals surface area contributed by atoms with Crippen molar-refractivity contribution < 1.29 is 14.3 Å². The van der Waals surface area contributed by atoms with E-state index in [0.29, 0.717) is 11.4 Å². The van der Waals surface area contributed by atoms with Crippen molar-refractivity contribution >= 4 is 23.2 Å². The zero-order valence-corrected chi connectivity index (χ0v) is 14.4. The van der Waals surface area contributed by atoms with Crippen LogP contribution < -0.4 is 15.0 Å². The summed E-state index contributed by atoms with van der Waals surface area (Å²) < 4.78 is 5.17. The van der Waals surface area contributed by atoms with Crippen molar-refractivity contribution in [3.63, 3.8) is 0 Å². The minimum atomic E-state index is -0.252. The van der Waals surface area contributed by atoms with Crippen LogP contribution in [0.3, 0.4) is 0 Å². The topological polar surface area (TPSA) is 58.6 Å². The van der Waals surface area contributed by atoms with E-state index in [1.54, 1.807) is 31.4 Å². The molecule has 0 radical (unpaired) electrons. The van der Waals surface area contributed by atoms with Gasteiger partial charge >= 0.3 is 0 Å². The lowest BCUT2D eigenvalue weighted by atomic mass is 10.1. The predicted molar refractivity (Wildman–Crippen MR) is 95.6 cm³/mol. The minimum absolute atomic E-state index is 0.0600. The van der Waals surface area contributed by atoms with Crippen molar-refractivity contribution in [2.75, 3.05) is 23.9 Å². The molecule has 5 nitrogen and oxygen atoms in total. The lowest BCUT2D eigenvalue weighted by Gasteiger charge is -2.21. The summed E-state index contributed by atoms with van der Waals surface area (Å²) in [6.45, 7) is 5.32. The molecule has 0 bridgehead atoms. The summed E-state index contributed by atoms with van der Waals surface area (Å²) in [7, 11) is 1.56. The highest BCUT2D eigenvalue weighted by Crippen LogP contribution is 2.21. The van der Waals surface area contributed by atoms with Gasteiger partial charge in [-0.2, -0.15) is 0 Å². The normalized spacial score (nSPS) is 10.2. The largest absolute Gasteiger partial charge is 0.497 e. The standard InChI is InChI=1S/C19H22N2O3/c1-13-8-14(2)10-16(9-13)20-19(23)12-21(15(3)22)17-6-5-7-18(11-17)24-4/h5-11H,12H2,1-4H3,(H,20,23). The van der Waals surface area contributed by atoms with E-state index in [9.17, 15) is 9.59 Å². The molecule has 0 atom stereocenters. The quantitative estimate of drug-likeness (QED) is 0.917. The lowest BCUT2D eigenvalue weighted by Crippen LogP contribution is -2.36. The van der Waals surface area contributed by atoms with Crippen LogP contribution in [0, 0.1) is 13.8 Å². The van der Waals surface area contributed by atoms with Crippen molar-refractivity contribution in [1.29, 1.82) is 0 Å². The van der Waals surface area contributed by atoms with E-state index >= 15 is 0 Å². The fourth-order valence-corrected chi connectivity index (χ4v) is 2.55. The molecule has 0 aliphatic heterocycles. The van der Waals surface area contributed by atoms with Gasteiger partial charge in [0, 0.05) is 24.4 Å². The van der Waals surface area contributed by atoms with Crippen LogP contribution in [0.5, 0.6) is 5.75 Å². The lowest BCUT2D eigenvalue weighted by molar-refractivity contribution is -0.120. The van der Waals surface area contributed by atoms with Gasteiger partial charge in [0.2, 0.25) is 11.8 Å². The molecule has 1 N–H and O–H groups in total. The Balaban J connectivity index is 2.15. The predicted octanol–water partition coefficient (Wildman–Crippen LogP) is 3.30. The number of nitrogens with zero attached hydrogens (tertiary/aromatic N) is 1. The van der Waals surface area contributed by atoms with Crippen LogP contribution in [0.1, 0.15) is 18.1 Å². The first-order valence-electron chi connectivity index (χ1n) is 7.69. The second-order valence-corrected chi connectivity index (χ2v) is 5.73. The molecule has 0 aromatic heterocycles. The smallest absolute Gasteiger partial charge is 0.244 e. The maximum atomic E-state index is 12.3. The zero-order valence-electron chi connectivity index (χ0n) is 14.4. The Morgan fingerprint density at radius 3 is 2.33 bits per heavy atom. The van der Waals surface area contributed by atoms with Crippen LogP contribution in [0.2, 0.25) is 0 Å². The highest BCUT2D eigenvalue weighted by Gasteiger charge is 2.16. The summed E-state index contributed by atoms with van der Waals surface area (Å²) in [6, 6.07) is 12.9. The fourth-order valence-electron chi connectivity index (χ4n) is 2.55. The van der Waals surface area contributed by atoms with Crippen molar-refractivity contribution in [2.24, 2.45) is 0 Å². The van der Waals surface area contributed by atoms with Gasteiger partial charge in [0.05, 0.1) is 7.11 Å². The van der Waals surface area contributed by atoms with Gasteiger partial charge in [-0.25, -0.2) is 0 Å². The fraction of sp³-hybridized carbons (Fsp3) is 0.263. The number of amides is 2. The molecule has 2 rings (SSSR count). The van der Waals surface area contributed by atoms with Crippen molar-refractivity contribution in [3.8, 4) is 5.75 Å². The second-order valence-electron chi connectivity index (χ2n) is 5.73. The molecule has 0 aliphatic rings. The van der Waals surface area contributed by atoms with Crippen LogP contribution in [0.15, 0.2) is 42.5 Å². The van der Waals surface area contributed by atoms with Gasteiger partial charge in [-0.3, -0.25) is 9.59 Å². The molecule has 0 aliphatic carbocycles. The average molecular weight is 326 g/mol. The molecular weight excluding hydrogens is 304 g/mol.